The highest BCUT2D eigenvalue weighted by Gasteiger charge is 2.13. The highest BCUT2D eigenvalue weighted by atomic mass is 35.5. The summed E-state index contributed by atoms with van der Waals surface area (Å²) in [4.78, 5) is 23.2. The predicted octanol–water partition coefficient (Wildman–Crippen LogP) is 3.99. The summed E-state index contributed by atoms with van der Waals surface area (Å²) in [5, 5.41) is 13.7. The largest absolute Gasteiger partial charge is 0.478 e. The van der Waals surface area contributed by atoms with E-state index in [0.29, 0.717) is 22.1 Å². The number of hydrazone groups is 1. The van der Waals surface area contributed by atoms with Crippen LogP contribution in [0.1, 0.15) is 21.7 Å². The molecular formula is C20H15ClN2O4. The molecular weight excluding hydrogens is 368 g/mol. The standard InChI is InChI=1S/C20H15ClN2O4/c21-14-7-5-13(6-8-14)11-19(24)23-22-12-15-9-10-18(27-15)16-3-1-2-4-17(16)20(25)26/h1-10,12H,11H2,(H,23,24)(H,25,26)/b22-12-. The lowest BCUT2D eigenvalue weighted by atomic mass is 10.1. The zero-order valence-electron chi connectivity index (χ0n) is 14.1. The molecule has 0 aliphatic heterocycles. The Bertz CT molecular complexity index is 993. The van der Waals surface area contributed by atoms with E-state index in [2.05, 4.69) is 10.5 Å². The van der Waals surface area contributed by atoms with Crippen LogP contribution in [0.3, 0.4) is 0 Å². The summed E-state index contributed by atoms with van der Waals surface area (Å²) in [6.45, 7) is 0. The van der Waals surface area contributed by atoms with Gasteiger partial charge in [0.25, 0.3) is 0 Å². The minimum Gasteiger partial charge on any atom is -0.478 e. The number of carbonyl (C=O) groups excluding carboxylic acids is 1. The van der Waals surface area contributed by atoms with Crippen molar-refractivity contribution in [2.75, 3.05) is 0 Å². The first kappa shape index (κ1) is 18.4. The minimum absolute atomic E-state index is 0.145. The van der Waals surface area contributed by atoms with Gasteiger partial charge in [-0.1, -0.05) is 41.9 Å². The smallest absolute Gasteiger partial charge is 0.336 e. The van der Waals surface area contributed by atoms with Crippen molar-refractivity contribution in [2.45, 2.75) is 6.42 Å². The second-order valence-electron chi connectivity index (χ2n) is 5.65. The molecule has 0 spiro atoms. The molecule has 1 heterocycles. The van der Waals surface area contributed by atoms with Crippen LogP contribution in [0.5, 0.6) is 0 Å². The maximum absolute atomic E-state index is 11.9. The number of carboxylic acids is 1. The van der Waals surface area contributed by atoms with Crippen molar-refractivity contribution in [3.8, 4) is 11.3 Å². The molecule has 3 rings (SSSR count). The Morgan fingerprint density at radius 3 is 2.56 bits per heavy atom. The molecule has 0 unspecified atom stereocenters. The van der Waals surface area contributed by atoms with E-state index in [9.17, 15) is 14.7 Å². The average molecular weight is 383 g/mol. The molecule has 6 nitrogen and oxygen atoms in total. The average Bonchev–Trinajstić information content (AvgIpc) is 3.12. The molecule has 2 aromatic carbocycles. The number of aromatic carboxylic acids is 1. The van der Waals surface area contributed by atoms with E-state index in [-0.39, 0.29) is 17.9 Å². The van der Waals surface area contributed by atoms with Gasteiger partial charge in [-0.2, -0.15) is 5.10 Å². The van der Waals surface area contributed by atoms with Crippen molar-refractivity contribution >= 4 is 29.7 Å². The number of furan rings is 1. The Kier molecular flexibility index (Phi) is 5.68. The zero-order valence-corrected chi connectivity index (χ0v) is 14.8. The summed E-state index contributed by atoms with van der Waals surface area (Å²) < 4.78 is 5.60. The van der Waals surface area contributed by atoms with E-state index in [1.54, 1.807) is 54.6 Å². The molecule has 1 amide bonds. The van der Waals surface area contributed by atoms with Crippen molar-refractivity contribution in [1.82, 2.24) is 5.43 Å². The fourth-order valence-corrected chi connectivity index (χ4v) is 2.57. The van der Waals surface area contributed by atoms with Crippen LogP contribution < -0.4 is 5.43 Å². The first-order chi connectivity index (χ1) is 13.0. The molecule has 0 aliphatic rings. The molecule has 3 aromatic rings. The molecule has 0 aliphatic carbocycles. The predicted molar refractivity (Wildman–Crippen MR) is 102 cm³/mol. The highest BCUT2D eigenvalue weighted by Crippen LogP contribution is 2.25. The van der Waals surface area contributed by atoms with Crippen molar-refractivity contribution in [3.63, 3.8) is 0 Å². The fraction of sp³-hybridized carbons (Fsp3) is 0.0500. The van der Waals surface area contributed by atoms with Crippen LogP contribution in [0.2, 0.25) is 5.02 Å². The van der Waals surface area contributed by atoms with Crippen LogP contribution in [-0.4, -0.2) is 23.2 Å². The third-order valence-corrected chi connectivity index (χ3v) is 3.96. The van der Waals surface area contributed by atoms with E-state index in [1.807, 2.05) is 0 Å². The van der Waals surface area contributed by atoms with Gasteiger partial charge in [-0.3, -0.25) is 4.79 Å². The first-order valence-corrected chi connectivity index (χ1v) is 8.39. The van der Waals surface area contributed by atoms with Gasteiger partial charge in [-0.25, -0.2) is 10.2 Å². The van der Waals surface area contributed by atoms with Gasteiger partial charge in [0.1, 0.15) is 11.5 Å². The summed E-state index contributed by atoms with van der Waals surface area (Å²) in [5.41, 5.74) is 3.85. The van der Waals surface area contributed by atoms with Gasteiger partial charge >= 0.3 is 5.97 Å². The molecule has 7 heteroatoms. The van der Waals surface area contributed by atoms with Crippen LogP contribution in [0.25, 0.3) is 11.3 Å². The lowest BCUT2D eigenvalue weighted by Gasteiger charge is -2.02. The van der Waals surface area contributed by atoms with E-state index in [1.165, 1.54) is 12.3 Å². The van der Waals surface area contributed by atoms with E-state index >= 15 is 0 Å². The quantitative estimate of drug-likeness (QED) is 0.498. The Hall–Kier alpha value is -3.38. The number of hydrogen-bond acceptors (Lipinski definition) is 4. The summed E-state index contributed by atoms with van der Waals surface area (Å²) in [5.74, 6) is -0.526. The summed E-state index contributed by atoms with van der Waals surface area (Å²) >= 11 is 5.81. The third-order valence-electron chi connectivity index (χ3n) is 3.71. The van der Waals surface area contributed by atoms with E-state index < -0.39 is 5.97 Å². The molecule has 0 saturated carbocycles. The molecule has 0 atom stereocenters. The number of carboxylic acid groups (broad SMARTS) is 1. The van der Waals surface area contributed by atoms with Crippen LogP contribution in [0.4, 0.5) is 0 Å². The van der Waals surface area contributed by atoms with E-state index in [0.717, 1.165) is 5.56 Å². The van der Waals surface area contributed by atoms with Gasteiger partial charge in [0, 0.05) is 10.6 Å². The van der Waals surface area contributed by atoms with Crippen molar-refractivity contribution in [1.29, 1.82) is 0 Å². The van der Waals surface area contributed by atoms with Crippen LogP contribution in [0, 0.1) is 0 Å². The van der Waals surface area contributed by atoms with Gasteiger partial charge in [-0.15, -0.1) is 0 Å². The Balaban J connectivity index is 1.63. The second kappa shape index (κ2) is 8.33. The first-order valence-electron chi connectivity index (χ1n) is 8.02. The number of nitrogens with zero attached hydrogens (tertiary/aromatic N) is 1. The number of carbonyl (C=O) groups is 2. The van der Waals surface area contributed by atoms with Gasteiger partial charge in [0.15, 0.2) is 0 Å². The summed E-state index contributed by atoms with van der Waals surface area (Å²) in [6.07, 6.45) is 1.52. The number of hydrogen-bond donors (Lipinski definition) is 2. The van der Waals surface area contributed by atoms with Gasteiger partial charge in [0.05, 0.1) is 18.2 Å². The maximum Gasteiger partial charge on any atom is 0.336 e. The maximum atomic E-state index is 11.9. The topological polar surface area (TPSA) is 91.9 Å². The van der Waals surface area contributed by atoms with Gasteiger partial charge in [-0.05, 0) is 35.9 Å². The molecule has 0 bridgehead atoms. The highest BCUT2D eigenvalue weighted by molar-refractivity contribution is 6.30. The normalized spacial score (nSPS) is 10.9. The second-order valence-corrected chi connectivity index (χ2v) is 6.09. The molecule has 0 radical (unpaired) electrons. The van der Waals surface area contributed by atoms with Gasteiger partial charge in [0.2, 0.25) is 5.91 Å². The SMILES string of the molecule is O=C(Cc1ccc(Cl)cc1)N/N=C\c1ccc(-c2ccccc2C(=O)O)o1. The minimum atomic E-state index is -1.04. The van der Waals surface area contributed by atoms with Crippen molar-refractivity contribution < 1.29 is 19.1 Å². The molecule has 0 fully saturated rings. The molecule has 136 valence electrons. The number of amides is 1. The fourth-order valence-electron chi connectivity index (χ4n) is 2.45. The zero-order chi connectivity index (χ0) is 19.2. The van der Waals surface area contributed by atoms with Crippen molar-refractivity contribution in [2.24, 2.45) is 5.10 Å². The monoisotopic (exact) mass is 382 g/mol. The molecule has 1 aromatic heterocycles. The van der Waals surface area contributed by atoms with Crippen LogP contribution in [-0.2, 0) is 11.2 Å². The van der Waals surface area contributed by atoms with Gasteiger partial charge < -0.3 is 9.52 Å². The number of nitrogens with one attached hydrogen (secondary N) is 1. The Labute approximate surface area is 160 Å². The number of halogens is 1. The molecule has 2 N–H and O–H groups in total. The number of benzene rings is 2. The summed E-state index contributed by atoms with van der Waals surface area (Å²) in [7, 11) is 0. The number of rotatable bonds is 6. The lowest BCUT2D eigenvalue weighted by Crippen LogP contribution is -2.19. The molecule has 27 heavy (non-hydrogen) atoms. The summed E-state index contributed by atoms with van der Waals surface area (Å²) in [6, 6.07) is 16.8. The lowest BCUT2D eigenvalue weighted by molar-refractivity contribution is -0.120. The van der Waals surface area contributed by atoms with Crippen LogP contribution in [0.15, 0.2) is 70.2 Å². The Morgan fingerprint density at radius 2 is 1.81 bits per heavy atom. The van der Waals surface area contributed by atoms with Crippen LogP contribution >= 0.6 is 11.6 Å². The van der Waals surface area contributed by atoms with E-state index in [4.69, 9.17) is 16.0 Å². The Morgan fingerprint density at radius 1 is 1.07 bits per heavy atom. The third kappa shape index (κ3) is 4.83. The van der Waals surface area contributed by atoms with Crippen molar-refractivity contribution in [3.05, 3.63) is 82.6 Å². The molecule has 0 saturated heterocycles.